The van der Waals surface area contributed by atoms with Crippen LogP contribution in [0.1, 0.15) is 52.9 Å². The van der Waals surface area contributed by atoms with Gasteiger partial charge in [-0.2, -0.15) is 13.2 Å². The molecule has 2 aromatic rings. The third kappa shape index (κ3) is 4.81. The van der Waals surface area contributed by atoms with Crippen LogP contribution in [-0.2, 0) is 23.5 Å². The van der Waals surface area contributed by atoms with E-state index in [0.717, 1.165) is 10.4 Å². The van der Waals surface area contributed by atoms with Gasteiger partial charge in [0.2, 0.25) is 0 Å². The predicted octanol–water partition coefficient (Wildman–Crippen LogP) is 6.34. The van der Waals surface area contributed by atoms with Gasteiger partial charge in [-0.3, -0.25) is 4.79 Å². The third-order valence-electron chi connectivity index (χ3n) is 5.46. The Morgan fingerprint density at radius 3 is 2.42 bits per heavy atom. The van der Waals surface area contributed by atoms with Gasteiger partial charge in [0.25, 0.3) is 11.5 Å². The molecule has 33 heavy (non-hydrogen) atoms. The predicted molar refractivity (Wildman–Crippen MR) is 123 cm³/mol. The largest absolute Gasteiger partial charge is 0.435 e. The molecule has 178 valence electrons. The minimum Gasteiger partial charge on any atom is -0.372 e. The summed E-state index contributed by atoms with van der Waals surface area (Å²) in [5.41, 5.74) is -1.99. The number of halogens is 5. The summed E-state index contributed by atoms with van der Waals surface area (Å²) >= 11 is 13.2. The summed E-state index contributed by atoms with van der Waals surface area (Å²) < 4.78 is 42.5. The molecule has 0 bridgehead atoms. The molecule has 1 N–H and O–H groups in total. The number of hydrogen-bond donors (Lipinski definition) is 1. The maximum atomic E-state index is 14.2. The topological polar surface area (TPSA) is 53.9 Å². The molecule has 0 radical (unpaired) electrons. The zero-order chi connectivity index (χ0) is 24.2. The van der Waals surface area contributed by atoms with E-state index in [9.17, 15) is 18.0 Å². The van der Waals surface area contributed by atoms with E-state index in [-0.39, 0.29) is 32.8 Å². The number of carbonyl (C=O) groups is 1. The number of alkyl halides is 3. The van der Waals surface area contributed by atoms with Gasteiger partial charge in [0.05, 0.1) is 17.8 Å². The molecular formula is C22H22Cl2F3N3O2S. The molecule has 1 atom stereocenters. The zero-order valence-electron chi connectivity index (χ0n) is 18.1. The highest BCUT2D eigenvalue weighted by atomic mass is 35.5. The Labute approximate surface area is 203 Å². The minimum absolute atomic E-state index is 0.0365. The standard InChI is InChI=1S/C22H22Cl2F3N3O2S/c1-20(2,3)11-28-19(31)16-4-12-9-30(10-17(12)33-16)18-8-21(32-29-18,22(25,26)27)13-5-14(23)7-15(24)6-13/h4-7H,8-11H2,1-3H3,(H,28,31). The van der Waals surface area contributed by atoms with E-state index in [1.54, 1.807) is 11.0 Å². The summed E-state index contributed by atoms with van der Waals surface area (Å²) in [6.45, 7) is 7.35. The van der Waals surface area contributed by atoms with Crippen molar-refractivity contribution < 1.29 is 22.8 Å². The fourth-order valence-corrected chi connectivity index (χ4v) is 5.37. The maximum Gasteiger partial charge on any atom is 0.435 e. The molecular weight excluding hydrogens is 498 g/mol. The van der Waals surface area contributed by atoms with Crippen LogP contribution in [0, 0.1) is 5.41 Å². The fraction of sp³-hybridized carbons (Fsp3) is 0.455. The molecule has 2 aliphatic heterocycles. The number of amides is 1. The summed E-state index contributed by atoms with van der Waals surface area (Å²) in [4.78, 5) is 20.8. The molecule has 0 saturated heterocycles. The Morgan fingerprint density at radius 1 is 1.18 bits per heavy atom. The number of thiophene rings is 1. The van der Waals surface area contributed by atoms with Crippen molar-refractivity contribution in [3.05, 3.63) is 55.2 Å². The molecule has 1 aromatic heterocycles. The lowest BCUT2D eigenvalue weighted by Gasteiger charge is -2.30. The zero-order valence-corrected chi connectivity index (χ0v) is 20.5. The molecule has 5 nitrogen and oxygen atoms in total. The average Bonchev–Trinajstić information content (AvgIpc) is 3.37. The van der Waals surface area contributed by atoms with Gasteiger partial charge < -0.3 is 15.1 Å². The average molecular weight is 520 g/mol. The van der Waals surface area contributed by atoms with Crippen LogP contribution in [0.25, 0.3) is 0 Å². The molecule has 1 unspecified atom stereocenters. The molecule has 3 heterocycles. The van der Waals surface area contributed by atoms with Crippen LogP contribution in [0.4, 0.5) is 13.2 Å². The minimum atomic E-state index is -4.74. The monoisotopic (exact) mass is 519 g/mol. The first kappa shape index (κ1) is 24.2. The van der Waals surface area contributed by atoms with Gasteiger partial charge in [-0.05, 0) is 35.2 Å². The first-order chi connectivity index (χ1) is 15.3. The molecule has 0 saturated carbocycles. The summed E-state index contributed by atoms with van der Waals surface area (Å²) in [5, 5.41) is 6.89. The number of benzene rings is 1. The van der Waals surface area contributed by atoms with E-state index in [1.165, 1.54) is 29.5 Å². The van der Waals surface area contributed by atoms with Crippen molar-refractivity contribution in [2.75, 3.05) is 6.54 Å². The van der Waals surface area contributed by atoms with Gasteiger partial charge in [-0.15, -0.1) is 11.3 Å². The van der Waals surface area contributed by atoms with Crippen LogP contribution >= 0.6 is 34.5 Å². The lowest BCUT2D eigenvalue weighted by molar-refractivity contribution is -0.275. The van der Waals surface area contributed by atoms with Gasteiger partial charge in [0.1, 0.15) is 5.84 Å². The number of nitrogens with zero attached hydrogens (tertiary/aromatic N) is 2. The molecule has 1 amide bonds. The lowest BCUT2D eigenvalue weighted by Crippen LogP contribution is -2.43. The van der Waals surface area contributed by atoms with Crippen molar-refractivity contribution in [2.24, 2.45) is 10.6 Å². The summed E-state index contributed by atoms with van der Waals surface area (Å²) in [6.07, 6.45) is -5.24. The molecule has 11 heteroatoms. The van der Waals surface area contributed by atoms with E-state index in [4.69, 9.17) is 28.0 Å². The number of oxime groups is 1. The second-order valence-electron chi connectivity index (χ2n) is 9.42. The van der Waals surface area contributed by atoms with E-state index < -0.39 is 18.2 Å². The Kier molecular flexibility index (Phi) is 6.12. The van der Waals surface area contributed by atoms with Gasteiger partial charge >= 0.3 is 6.18 Å². The Bertz CT molecular complexity index is 1080. The van der Waals surface area contributed by atoms with Crippen LogP contribution in [-0.4, -0.2) is 29.4 Å². The van der Waals surface area contributed by atoms with E-state index in [1.807, 2.05) is 20.8 Å². The summed E-state index contributed by atoms with van der Waals surface area (Å²) in [6, 6.07) is 5.55. The Balaban J connectivity index is 1.49. The number of hydrogen-bond acceptors (Lipinski definition) is 5. The van der Waals surface area contributed by atoms with Crippen molar-refractivity contribution in [3.63, 3.8) is 0 Å². The number of rotatable bonds is 3. The van der Waals surface area contributed by atoms with Crippen LogP contribution in [0.15, 0.2) is 29.4 Å². The van der Waals surface area contributed by atoms with Crippen molar-refractivity contribution in [2.45, 2.75) is 52.1 Å². The van der Waals surface area contributed by atoms with Gasteiger partial charge in [0, 0.05) is 33.6 Å². The highest BCUT2D eigenvalue weighted by Gasteiger charge is 2.63. The van der Waals surface area contributed by atoms with Gasteiger partial charge in [-0.25, -0.2) is 0 Å². The van der Waals surface area contributed by atoms with Crippen molar-refractivity contribution >= 4 is 46.3 Å². The van der Waals surface area contributed by atoms with Crippen molar-refractivity contribution in [1.82, 2.24) is 10.2 Å². The van der Waals surface area contributed by atoms with E-state index in [2.05, 4.69) is 10.5 Å². The van der Waals surface area contributed by atoms with E-state index >= 15 is 0 Å². The van der Waals surface area contributed by atoms with Crippen molar-refractivity contribution in [1.29, 1.82) is 0 Å². The quantitative estimate of drug-likeness (QED) is 0.514. The number of nitrogens with one attached hydrogen (secondary N) is 1. The SMILES string of the molecule is CC(C)(C)CNC(=O)c1cc2c(s1)CN(C1=NOC(c3cc(Cl)cc(Cl)c3)(C(F)(F)F)C1)C2. The second-order valence-corrected chi connectivity index (χ2v) is 11.4. The fourth-order valence-electron chi connectivity index (χ4n) is 3.74. The molecule has 0 spiro atoms. The molecule has 4 rings (SSSR count). The van der Waals surface area contributed by atoms with Gasteiger partial charge in [0.15, 0.2) is 0 Å². The van der Waals surface area contributed by atoms with Crippen LogP contribution in [0.5, 0.6) is 0 Å². The van der Waals surface area contributed by atoms with E-state index in [0.29, 0.717) is 24.5 Å². The van der Waals surface area contributed by atoms with Crippen LogP contribution < -0.4 is 5.32 Å². The first-order valence-electron chi connectivity index (χ1n) is 10.2. The third-order valence-corrected chi connectivity index (χ3v) is 7.06. The normalized spacial score (nSPS) is 20.5. The summed E-state index contributed by atoms with van der Waals surface area (Å²) in [5.74, 6) is 0.0388. The lowest BCUT2D eigenvalue weighted by atomic mass is 9.89. The molecule has 0 fully saturated rings. The first-order valence-corrected chi connectivity index (χ1v) is 11.8. The number of carbonyl (C=O) groups excluding carboxylic acids is 1. The Hall–Kier alpha value is -1.97. The van der Waals surface area contributed by atoms with Crippen LogP contribution in [0.3, 0.4) is 0 Å². The highest BCUT2D eigenvalue weighted by Crippen LogP contribution is 2.50. The van der Waals surface area contributed by atoms with Crippen LogP contribution in [0.2, 0.25) is 10.0 Å². The summed E-state index contributed by atoms with van der Waals surface area (Å²) in [7, 11) is 0. The van der Waals surface area contributed by atoms with Gasteiger partial charge in [-0.1, -0.05) is 49.1 Å². The smallest absolute Gasteiger partial charge is 0.372 e. The number of amidine groups is 1. The van der Waals surface area contributed by atoms with Crippen molar-refractivity contribution in [3.8, 4) is 0 Å². The molecule has 1 aromatic carbocycles. The Morgan fingerprint density at radius 2 is 1.85 bits per heavy atom. The second kappa shape index (κ2) is 8.36. The highest BCUT2D eigenvalue weighted by molar-refractivity contribution is 7.14. The maximum absolute atomic E-state index is 14.2. The molecule has 2 aliphatic rings. The number of fused-ring (bicyclic) bond motifs is 1. The molecule has 0 aliphatic carbocycles.